The van der Waals surface area contributed by atoms with Crippen molar-refractivity contribution in [3.05, 3.63) is 28.7 Å². The van der Waals surface area contributed by atoms with Crippen molar-refractivity contribution >= 4 is 5.69 Å². The second-order valence-electron chi connectivity index (χ2n) is 1.71. The van der Waals surface area contributed by atoms with Gasteiger partial charge in [-0.25, -0.2) is 4.68 Å². The average Bonchev–Trinajstić information content (AvgIpc) is 1.80. The first kappa shape index (κ1) is 5.68. The molecule has 1 rings (SSSR count). The molecule has 4 nitrogen and oxygen atoms in total. The van der Waals surface area contributed by atoms with Crippen molar-refractivity contribution in [1.29, 1.82) is 0 Å². The van der Waals surface area contributed by atoms with Crippen LogP contribution in [0.2, 0.25) is 0 Å². The van der Waals surface area contributed by atoms with Gasteiger partial charge in [-0.2, -0.15) is 0 Å². The number of hydrogen-bond donors (Lipinski definition) is 2. The molecule has 0 amide bonds. The van der Waals surface area contributed by atoms with Gasteiger partial charge in [-0.1, -0.05) is 0 Å². The summed E-state index contributed by atoms with van der Waals surface area (Å²) in [5, 5.41) is 0. The SMILES string of the molecule is Nc1ccc(=O)n(N)c1. The van der Waals surface area contributed by atoms with Crippen LogP contribution < -0.4 is 17.1 Å². The largest absolute Gasteiger partial charge is 0.397 e. The van der Waals surface area contributed by atoms with Crippen LogP contribution in [-0.4, -0.2) is 4.68 Å². The molecule has 4 N–H and O–H groups in total. The minimum atomic E-state index is -0.260. The van der Waals surface area contributed by atoms with Crippen molar-refractivity contribution < 1.29 is 0 Å². The predicted molar refractivity (Wildman–Crippen MR) is 35.3 cm³/mol. The van der Waals surface area contributed by atoms with Gasteiger partial charge in [0, 0.05) is 6.07 Å². The van der Waals surface area contributed by atoms with Crippen LogP contribution >= 0.6 is 0 Å². The first-order chi connectivity index (χ1) is 4.20. The van der Waals surface area contributed by atoms with Gasteiger partial charge in [0.1, 0.15) is 0 Å². The number of nitrogens with two attached hydrogens (primary N) is 2. The molecule has 0 radical (unpaired) electrons. The van der Waals surface area contributed by atoms with Gasteiger partial charge >= 0.3 is 0 Å². The third-order valence-electron chi connectivity index (χ3n) is 0.961. The summed E-state index contributed by atoms with van der Waals surface area (Å²) in [6.45, 7) is 0. The molecule has 0 aliphatic heterocycles. The normalized spacial score (nSPS) is 9.33. The molecule has 0 aliphatic carbocycles. The summed E-state index contributed by atoms with van der Waals surface area (Å²) in [4.78, 5) is 10.6. The van der Waals surface area contributed by atoms with Crippen molar-refractivity contribution in [3.8, 4) is 0 Å². The van der Waals surface area contributed by atoms with Crippen LogP contribution in [-0.2, 0) is 0 Å². The smallest absolute Gasteiger partial charge is 0.268 e. The Bertz CT molecular complexity index is 265. The van der Waals surface area contributed by atoms with Gasteiger partial charge in [0.15, 0.2) is 0 Å². The van der Waals surface area contributed by atoms with E-state index in [9.17, 15) is 4.79 Å². The van der Waals surface area contributed by atoms with Crippen LogP contribution in [0.4, 0.5) is 5.69 Å². The van der Waals surface area contributed by atoms with E-state index in [4.69, 9.17) is 11.6 Å². The van der Waals surface area contributed by atoms with Crippen molar-refractivity contribution in [3.63, 3.8) is 0 Å². The maximum Gasteiger partial charge on any atom is 0.268 e. The Morgan fingerprint density at radius 3 is 2.56 bits per heavy atom. The predicted octanol–water partition coefficient (Wildman–Crippen LogP) is -0.856. The monoisotopic (exact) mass is 125 g/mol. The molecule has 0 spiro atoms. The zero-order valence-corrected chi connectivity index (χ0v) is 4.74. The fourth-order valence-corrected chi connectivity index (χ4v) is 0.521. The zero-order valence-electron chi connectivity index (χ0n) is 4.74. The highest BCUT2D eigenvalue weighted by molar-refractivity contribution is 5.33. The molecular formula is C5H7N3O. The number of nitrogen functional groups attached to an aromatic ring is 2. The summed E-state index contributed by atoms with van der Waals surface area (Å²) in [5.41, 5.74) is 5.51. The minimum Gasteiger partial charge on any atom is -0.397 e. The second kappa shape index (κ2) is 1.81. The highest BCUT2D eigenvalue weighted by atomic mass is 16.1. The van der Waals surface area contributed by atoms with E-state index in [1.54, 1.807) is 0 Å². The second-order valence-corrected chi connectivity index (χ2v) is 1.71. The molecule has 0 saturated heterocycles. The summed E-state index contributed by atoms with van der Waals surface area (Å²) in [5.74, 6) is 5.14. The lowest BCUT2D eigenvalue weighted by molar-refractivity contribution is 0.940. The molecule has 1 heterocycles. The van der Waals surface area contributed by atoms with Crippen LogP contribution in [0.1, 0.15) is 0 Å². The molecule has 0 saturated carbocycles. The summed E-state index contributed by atoms with van der Waals surface area (Å²) in [7, 11) is 0. The summed E-state index contributed by atoms with van der Waals surface area (Å²) < 4.78 is 0.940. The van der Waals surface area contributed by atoms with Crippen molar-refractivity contribution in [1.82, 2.24) is 4.68 Å². The molecule has 0 unspecified atom stereocenters. The fraction of sp³-hybridized carbons (Fsp3) is 0. The molecule has 0 atom stereocenters. The number of nitrogens with zero attached hydrogens (tertiary/aromatic N) is 1. The van der Waals surface area contributed by atoms with Crippen LogP contribution in [0, 0.1) is 0 Å². The van der Waals surface area contributed by atoms with E-state index in [-0.39, 0.29) is 5.56 Å². The molecule has 1 aromatic rings. The van der Waals surface area contributed by atoms with Crippen LogP contribution in [0.25, 0.3) is 0 Å². The average molecular weight is 125 g/mol. The first-order valence-corrected chi connectivity index (χ1v) is 2.43. The van der Waals surface area contributed by atoms with E-state index in [0.29, 0.717) is 5.69 Å². The van der Waals surface area contributed by atoms with Crippen LogP contribution in [0.3, 0.4) is 0 Å². The van der Waals surface area contributed by atoms with E-state index < -0.39 is 0 Å². The van der Waals surface area contributed by atoms with Crippen molar-refractivity contribution in [2.75, 3.05) is 11.6 Å². The van der Waals surface area contributed by atoms with Crippen molar-refractivity contribution in [2.45, 2.75) is 0 Å². The van der Waals surface area contributed by atoms with Crippen LogP contribution in [0.15, 0.2) is 23.1 Å². The topological polar surface area (TPSA) is 74.0 Å². The molecule has 4 heteroatoms. The number of rotatable bonds is 0. The molecule has 9 heavy (non-hydrogen) atoms. The standard InChI is InChI=1S/C5H7N3O/c6-4-1-2-5(9)8(7)3-4/h1-3H,6-7H2. The van der Waals surface area contributed by atoms with E-state index in [0.717, 1.165) is 4.68 Å². The highest BCUT2D eigenvalue weighted by Gasteiger charge is 1.87. The maximum atomic E-state index is 10.6. The summed E-state index contributed by atoms with van der Waals surface area (Å²) in [6, 6.07) is 2.82. The Balaban J connectivity index is 3.34. The van der Waals surface area contributed by atoms with Gasteiger partial charge < -0.3 is 11.6 Å². The Morgan fingerprint density at radius 1 is 1.44 bits per heavy atom. The lowest BCUT2D eigenvalue weighted by Crippen LogP contribution is -2.25. The van der Waals surface area contributed by atoms with Gasteiger partial charge in [-0.05, 0) is 6.07 Å². The Labute approximate surface area is 51.7 Å². The Kier molecular flexibility index (Phi) is 1.14. The molecule has 0 aromatic carbocycles. The van der Waals surface area contributed by atoms with Gasteiger partial charge in [0.2, 0.25) is 0 Å². The Morgan fingerprint density at radius 2 is 2.11 bits per heavy atom. The van der Waals surface area contributed by atoms with E-state index >= 15 is 0 Å². The van der Waals surface area contributed by atoms with Gasteiger partial charge in [-0.15, -0.1) is 0 Å². The molecule has 0 aliphatic rings. The fourth-order valence-electron chi connectivity index (χ4n) is 0.521. The molecule has 0 fully saturated rings. The number of pyridine rings is 1. The minimum absolute atomic E-state index is 0.260. The Hall–Kier alpha value is -1.45. The van der Waals surface area contributed by atoms with Gasteiger partial charge in [0.25, 0.3) is 5.56 Å². The van der Waals surface area contributed by atoms with E-state index in [1.165, 1.54) is 18.3 Å². The third kappa shape index (κ3) is 1.02. The third-order valence-corrected chi connectivity index (χ3v) is 0.961. The van der Waals surface area contributed by atoms with Crippen molar-refractivity contribution in [2.24, 2.45) is 0 Å². The highest BCUT2D eigenvalue weighted by Crippen LogP contribution is 1.90. The molecule has 1 aromatic heterocycles. The van der Waals surface area contributed by atoms with E-state index in [2.05, 4.69) is 0 Å². The molecule has 0 bridgehead atoms. The summed E-state index contributed by atoms with van der Waals surface area (Å²) in [6.07, 6.45) is 1.36. The number of aromatic nitrogens is 1. The number of anilines is 1. The first-order valence-electron chi connectivity index (χ1n) is 2.43. The summed E-state index contributed by atoms with van der Waals surface area (Å²) >= 11 is 0. The zero-order chi connectivity index (χ0) is 6.85. The maximum absolute atomic E-state index is 10.6. The molecular weight excluding hydrogens is 118 g/mol. The van der Waals surface area contributed by atoms with Gasteiger partial charge in [-0.3, -0.25) is 4.79 Å². The lowest BCUT2D eigenvalue weighted by atomic mass is 10.4. The lowest BCUT2D eigenvalue weighted by Gasteiger charge is -1.95. The number of hydrogen-bond acceptors (Lipinski definition) is 3. The van der Waals surface area contributed by atoms with E-state index in [1.807, 2.05) is 0 Å². The van der Waals surface area contributed by atoms with Gasteiger partial charge in [0.05, 0.1) is 11.9 Å². The quantitative estimate of drug-likeness (QED) is 0.443. The molecule has 48 valence electrons. The van der Waals surface area contributed by atoms with Crippen LogP contribution in [0.5, 0.6) is 0 Å².